The highest BCUT2D eigenvalue weighted by Crippen LogP contribution is 2.29. The Morgan fingerprint density at radius 3 is 2.90 bits per heavy atom. The normalized spacial score (nSPS) is 28.3. The molecular formula is C17H29N3O. The molecule has 0 aromatic carbocycles. The van der Waals surface area contributed by atoms with Gasteiger partial charge in [0.25, 0.3) is 0 Å². The summed E-state index contributed by atoms with van der Waals surface area (Å²) in [4.78, 5) is 0. The van der Waals surface area contributed by atoms with Gasteiger partial charge < -0.3 is 10.1 Å². The Bertz CT molecular complexity index is 439. The summed E-state index contributed by atoms with van der Waals surface area (Å²) < 4.78 is 7.96. The lowest BCUT2D eigenvalue weighted by atomic mass is 9.93. The summed E-state index contributed by atoms with van der Waals surface area (Å²) in [6.45, 7) is 6.27. The summed E-state index contributed by atoms with van der Waals surface area (Å²) in [7, 11) is 0. The summed E-state index contributed by atoms with van der Waals surface area (Å²) in [5.74, 6) is 0.622. The molecule has 4 nitrogen and oxygen atoms in total. The average molecular weight is 291 g/mol. The van der Waals surface area contributed by atoms with Crippen LogP contribution in [0.2, 0.25) is 0 Å². The summed E-state index contributed by atoms with van der Waals surface area (Å²) in [5.41, 5.74) is 1.23. The minimum Gasteiger partial charge on any atom is -0.378 e. The fourth-order valence-corrected chi connectivity index (χ4v) is 3.88. The zero-order valence-corrected chi connectivity index (χ0v) is 13.4. The number of hydrogen-bond donors (Lipinski definition) is 1. The second kappa shape index (κ2) is 6.93. The quantitative estimate of drug-likeness (QED) is 0.876. The monoisotopic (exact) mass is 291 g/mol. The summed E-state index contributed by atoms with van der Waals surface area (Å²) in [5, 5.41) is 8.48. The Morgan fingerprint density at radius 2 is 2.24 bits per heavy atom. The molecule has 1 aromatic heterocycles. The summed E-state index contributed by atoms with van der Waals surface area (Å²) in [6.07, 6.45) is 10.1. The third kappa shape index (κ3) is 3.67. The number of nitrogens with zero attached hydrogens (tertiary/aromatic N) is 2. The van der Waals surface area contributed by atoms with E-state index in [0.717, 1.165) is 19.6 Å². The van der Waals surface area contributed by atoms with Crippen LogP contribution in [0.5, 0.6) is 0 Å². The molecule has 3 atom stereocenters. The lowest BCUT2D eigenvalue weighted by molar-refractivity contribution is 0.117. The van der Waals surface area contributed by atoms with Crippen molar-refractivity contribution in [2.24, 2.45) is 5.92 Å². The molecule has 3 unspecified atom stereocenters. The van der Waals surface area contributed by atoms with Crippen molar-refractivity contribution in [1.29, 1.82) is 0 Å². The van der Waals surface area contributed by atoms with Gasteiger partial charge in [-0.25, -0.2) is 0 Å². The number of hydrogen-bond acceptors (Lipinski definition) is 3. The van der Waals surface area contributed by atoms with E-state index in [1.54, 1.807) is 0 Å². The Balaban J connectivity index is 1.62. The molecule has 21 heavy (non-hydrogen) atoms. The van der Waals surface area contributed by atoms with Crippen molar-refractivity contribution < 1.29 is 4.74 Å². The van der Waals surface area contributed by atoms with Gasteiger partial charge in [-0.1, -0.05) is 19.8 Å². The van der Waals surface area contributed by atoms with Crippen molar-refractivity contribution in [2.45, 2.75) is 70.6 Å². The van der Waals surface area contributed by atoms with Crippen LogP contribution in [0.4, 0.5) is 0 Å². The van der Waals surface area contributed by atoms with Gasteiger partial charge in [-0.3, -0.25) is 4.68 Å². The lowest BCUT2D eigenvalue weighted by Crippen LogP contribution is -2.38. The zero-order chi connectivity index (χ0) is 14.7. The first-order valence-corrected chi connectivity index (χ1v) is 8.65. The van der Waals surface area contributed by atoms with Crippen LogP contribution in [0, 0.1) is 5.92 Å². The number of aromatic nitrogens is 2. The van der Waals surface area contributed by atoms with Crippen LogP contribution in [0.15, 0.2) is 12.3 Å². The van der Waals surface area contributed by atoms with Crippen LogP contribution in [-0.4, -0.2) is 35.1 Å². The largest absolute Gasteiger partial charge is 0.378 e. The molecule has 1 aliphatic heterocycles. The van der Waals surface area contributed by atoms with Crippen LogP contribution < -0.4 is 5.32 Å². The molecule has 0 spiro atoms. The van der Waals surface area contributed by atoms with Crippen molar-refractivity contribution in [3.63, 3.8) is 0 Å². The molecule has 1 saturated heterocycles. The molecule has 0 amide bonds. The van der Waals surface area contributed by atoms with E-state index in [9.17, 15) is 0 Å². The SMILES string of the molecule is CCNC(Cc1ccn(C2CCCC2)n1)C1COC(C)C1. The van der Waals surface area contributed by atoms with Crippen LogP contribution in [0.25, 0.3) is 0 Å². The van der Waals surface area contributed by atoms with E-state index in [4.69, 9.17) is 9.84 Å². The van der Waals surface area contributed by atoms with E-state index in [0.29, 0.717) is 24.1 Å². The van der Waals surface area contributed by atoms with Gasteiger partial charge in [-0.2, -0.15) is 5.10 Å². The highest BCUT2D eigenvalue weighted by Gasteiger charge is 2.29. The molecule has 2 fully saturated rings. The molecule has 1 N–H and O–H groups in total. The van der Waals surface area contributed by atoms with Gasteiger partial charge in [0.2, 0.25) is 0 Å². The smallest absolute Gasteiger partial charge is 0.0640 e. The number of likely N-dealkylation sites (N-methyl/N-ethyl adjacent to an activating group) is 1. The molecule has 4 heteroatoms. The van der Waals surface area contributed by atoms with Gasteiger partial charge in [-0.05, 0) is 38.8 Å². The molecule has 1 saturated carbocycles. The Hall–Kier alpha value is -0.870. The molecule has 3 rings (SSSR count). The van der Waals surface area contributed by atoms with Crippen LogP contribution >= 0.6 is 0 Å². The van der Waals surface area contributed by atoms with Gasteiger partial charge in [0, 0.05) is 24.6 Å². The highest BCUT2D eigenvalue weighted by atomic mass is 16.5. The zero-order valence-electron chi connectivity index (χ0n) is 13.4. The number of rotatable bonds is 6. The van der Waals surface area contributed by atoms with Crippen LogP contribution in [0.1, 0.15) is 57.7 Å². The van der Waals surface area contributed by atoms with E-state index in [-0.39, 0.29) is 0 Å². The van der Waals surface area contributed by atoms with E-state index < -0.39 is 0 Å². The molecule has 118 valence electrons. The lowest BCUT2D eigenvalue weighted by Gasteiger charge is -2.22. The topological polar surface area (TPSA) is 39.1 Å². The molecule has 1 aromatic rings. The molecule has 2 heterocycles. The fourth-order valence-electron chi connectivity index (χ4n) is 3.88. The van der Waals surface area contributed by atoms with Crippen LogP contribution in [0.3, 0.4) is 0 Å². The maximum atomic E-state index is 5.75. The van der Waals surface area contributed by atoms with Crippen LogP contribution in [-0.2, 0) is 11.2 Å². The Kier molecular flexibility index (Phi) is 4.96. The third-order valence-corrected chi connectivity index (χ3v) is 5.06. The molecule has 0 radical (unpaired) electrons. The van der Waals surface area contributed by atoms with Gasteiger partial charge in [0.1, 0.15) is 0 Å². The predicted octanol–water partition coefficient (Wildman–Crippen LogP) is 2.94. The second-order valence-corrected chi connectivity index (χ2v) is 6.73. The van der Waals surface area contributed by atoms with E-state index in [2.05, 4.69) is 36.1 Å². The standard InChI is InChI=1S/C17H29N3O/c1-3-18-17(14-10-13(2)21-12-14)11-15-8-9-20(19-15)16-6-4-5-7-16/h8-9,13-14,16-18H,3-7,10-12H2,1-2H3. The molecule has 2 aliphatic rings. The second-order valence-electron chi connectivity index (χ2n) is 6.73. The van der Waals surface area contributed by atoms with E-state index in [1.807, 2.05) is 0 Å². The van der Waals surface area contributed by atoms with Gasteiger partial charge in [0.05, 0.1) is 24.4 Å². The first kappa shape index (κ1) is 15.0. The fraction of sp³-hybridized carbons (Fsp3) is 0.824. The average Bonchev–Trinajstić information content (AvgIpc) is 3.18. The third-order valence-electron chi connectivity index (χ3n) is 5.06. The van der Waals surface area contributed by atoms with Gasteiger partial charge in [0.15, 0.2) is 0 Å². The highest BCUT2D eigenvalue weighted by molar-refractivity contribution is 5.04. The first-order valence-electron chi connectivity index (χ1n) is 8.65. The maximum absolute atomic E-state index is 5.75. The first-order chi connectivity index (χ1) is 10.3. The van der Waals surface area contributed by atoms with E-state index >= 15 is 0 Å². The summed E-state index contributed by atoms with van der Waals surface area (Å²) in [6, 6.07) is 3.35. The molecular weight excluding hydrogens is 262 g/mol. The minimum atomic E-state index is 0.409. The van der Waals surface area contributed by atoms with Crippen molar-refractivity contribution in [3.8, 4) is 0 Å². The minimum absolute atomic E-state index is 0.409. The van der Waals surface area contributed by atoms with E-state index in [1.165, 1.54) is 37.8 Å². The van der Waals surface area contributed by atoms with Crippen molar-refractivity contribution in [3.05, 3.63) is 18.0 Å². The van der Waals surface area contributed by atoms with Crippen molar-refractivity contribution in [1.82, 2.24) is 15.1 Å². The number of ether oxygens (including phenoxy) is 1. The Labute approximate surface area is 128 Å². The summed E-state index contributed by atoms with van der Waals surface area (Å²) >= 11 is 0. The van der Waals surface area contributed by atoms with Gasteiger partial charge in [-0.15, -0.1) is 0 Å². The predicted molar refractivity (Wildman–Crippen MR) is 84.4 cm³/mol. The number of nitrogens with one attached hydrogen (secondary N) is 1. The van der Waals surface area contributed by atoms with Gasteiger partial charge >= 0.3 is 0 Å². The van der Waals surface area contributed by atoms with Crippen molar-refractivity contribution in [2.75, 3.05) is 13.2 Å². The molecule has 0 bridgehead atoms. The Morgan fingerprint density at radius 1 is 1.43 bits per heavy atom. The van der Waals surface area contributed by atoms with Crippen molar-refractivity contribution >= 4 is 0 Å². The maximum Gasteiger partial charge on any atom is 0.0640 e. The molecule has 1 aliphatic carbocycles.